The van der Waals surface area contributed by atoms with E-state index < -0.39 is 0 Å². The Hall–Kier alpha value is -1.10. The number of piperidine rings is 1. The van der Waals surface area contributed by atoms with Gasteiger partial charge >= 0.3 is 0 Å². The largest absolute Gasteiger partial charge is 0.355 e. The Morgan fingerprint density at radius 3 is 2.61 bits per heavy atom. The summed E-state index contributed by atoms with van der Waals surface area (Å²) in [4.78, 5) is 25.0. The van der Waals surface area contributed by atoms with Crippen LogP contribution in [-0.2, 0) is 9.59 Å². The molecule has 0 spiro atoms. The van der Waals surface area contributed by atoms with Gasteiger partial charge in [-0.3, -0.25) is 9.59 Å². The minimum Gasteiger partial charge on any atom is -0.355 e. The second-order valence-corrected chi connectivity index (χ2v) is 5.22. The van der Waals surface area contributed by atoms with Crippen molar-refractivity contribution in [3.8, 4) is 0 Å². The second-order valence-electron chi connectivity index (χ2n) is 5.22. The number of carbonyl (C=O) groups excluding carboxylic acids is 2. The van der Waals surface area contributed by atoms with Gasteiger partial charge in [-0.2, -0.15) is 0 Å². The van der Waals surface area contributed by atoms with E-state index in [9.17, 15) is 9.59 Å². The van der Waals surface area contributed by atoms with Crippen molar-refractivity contribution in [3.05, 3.63) is 0 Å². The number of amides is 2. The molecule has 2 aliphatic rings. The van der Waals surface area contributed by atoms with E-state index in [0.717, 1.165) is 32.4 Å². The minimum atomic E-state index is 0.117. The van der Waals surface area contributed by atoms with Crippen molar-refractivity contribution in [2.24, 2.45) is 0 Å². The summed E-state index contributed by atoms with van der Waals surface area (Å²) in [6, 6.07) is 0.249. The molecule has 1 unspecified atom stereocenters. The second kappa shape index (κ2) is 6.73. The zero-order chi connectivity index (χ0) is 12.8. The zero-order valence-electron chi connectivity index (χ0n) is 10.9. The summed E-state index contributed by atoms with van der Waals surface area (Å²) in [6.07, 6.45) is 6.14. The fourth-order valence-corrected chi connectivity index (χ4v) is 2.57. The number of rotatable bonds is 3. The molecule has 0 aromatic carbocycles. The van der Waals surface area contributed by atoms with Crippen molar-refractivity contribution < 1.29 is 9.59 Å². The highest BCUT2D eigenvalue weighted by Crippen LogP contribution is 2.09. The van der Waals surface area contributed by atoms with Crippen LogP contribution in [0, 0.1) is 0 Å². The van der Waals surface area contributed by atoms with Crippen LogP contribution in [0.2, 0.25) is 0 Å². The molecule has 18 heavy (non-hydrogen) atoms. The first-order valence-corrected chi connectivity index (χ1v) is 7.03. The molecule has 2 N–H and O–H groups in total. The molecular weight excluding hydrogens is 230 g/mol. The molecule has 2 amide bonds. The van der Waals surface area contributed by atoms with Gasteiger partial charge in [-0.15, -0.1) is 0 Å². The van der Waals surface area contributed by atoms with Crippen molar-refractivity contribution in [1.29, 1.82) is 0 Å². The maximum atomic E-state index is 12.0. The summed E-state index contributed by atoms with van der Waals surface area (Å²) in [7, 11) is 0. The van der Waals surface area contributed by atoms with E-state index >= 15 is 0 Å². The number of hydrogen-bond acceptors (Lipinski definition) is 3. The maximum Gasteiger partial charge on any atom is 0.236 e. The van der Waals surface area contributed by atoms with Crippen LogP contribution >= 0.6 is 0 Å². The van der Waals surface area contributed by atoms with E-state index in [1.807, 2.05) is 4.90 Å². The quantitative estimate of drug-likeness (QED) is 0.758. The predicted octanol–water partition coefficient (Wildman–Crippen LogP) is 0.257. The molecule has 5 heteroatoms. The molecular formula is C13H23N3O2. The number of carbonyl (C=O) groups is 2. The molecule has 2 aliphatic heterocycles. The Kier molecular flexibility index (Phi) is 4.99. The summed E-state index contributed by atoms with van der Waals surface area (Å²) in [6.45, 7) is 2.86. The number of nitrogens with zero attached hydrogens (tertiary/aromatic N) is 1. The Morgan fingerprint density at radius 1 is 1.28 bits per heavy atom. The highest BCUT2D eigenvalue weighted by atomic mass is 16.2. The Labute approximate surface area is 108 Å². The van der Waals surface area contributed by atoms with Crippen LogP contribution in [0.5, 0.6) is 0 Å². The van der Waals surface area contributed by atoms with E-state index in [2.05, 4.69) is 10.6 Å². The van der Waals surface area contributed by atoms with Crippen LogP contribution < -0.4 is 10.6 Å². The van der Waals surface area contributed by atoms with Gasteiger partial charge in [0.05, 0.1) is 6.54 Å². The third-order valence-electron chi connectivity index (χ3n) is 3.77. The van der Waals surface area contributed by atoms with Crippen LogP contribution in [0.1, 0.15) is 38.5 Å². The van der Waals surface area contributed by atoms with E-state index in [0.29, 0.717) is 19.5 Å². The van der Waals surface area contributed by atoms with E-state index in [1.54, 1.807) is 0 Å². The van der Waals surface area contributed by atoms with E-state index in [1.165, 1.54) is 12.8 Å². The zero-order valence-corrected chi connectivity index (χ0v) is 10.9. The fraction of sp³-hybridized carbons (Fsp3) is 0.846. The standard InChI is InChI=1S/C13H23N3O2/c17-12-6-5-11(9-15-12)14-10-13(18)16-7-3-1-2-4-8-16/h11,14H,1-10H2,(H,15,17). The van der Waals surface area contributed by atoms with E-state index in [4.69, 9.17) is 0 Å². The van der Waals surface area contributed by atoms with Gasteiger partial charge in [-0.25, -0.2) is 0 Å². The molecule has 0 aromatic rings. The molecule has 2 rings (SSSR count). The summed E-state index contributed by atoms with van der Waals surface area (Å²) < 4.78 is 0. The molecule has 0 saturated carbocycles. The average molecular weight is 253 g/mol. The van der Waals surface area contributed by atoms with Gasteiger partial charge in [-0.1, -0.05) is 12.8 Å². The van der Waals surface area contributed by atoms with Crippen molar-refractivity contribution in [1.82, 2.24) is 15.5 Å². The highest BCUT2D eigenvalue weighted by Gasteiger charge is 2.20. The van der Waals surface area contributed by atoms with Gasteiger partial charge < -0.3 is 15.5 Å². The van der Waals surface area contributed by atoms with Crippen LogP contribution in [0.4, 0.5) is 0 Å². The highest BCUT2D eigenvalue weighted by molar-refractivity contribution is 5.78. The SMILES string of the molecule is O=C1CCC(NCC(=O)N2CCCCCC2)CN1. The van der Waals surface area contributed by atoms with E-state index in [-0.39, 0.29) is 17.9 Å². The molecule has 0 aliphatic carbocycles. The van der Waals surface area contributed by atoms with Gasteiger partial charge in [0, 0.05) is 32.1 Å². The summed E-state index contributed by atoms with van der Waals surface area (Å²) in [5.74, 6) is 0.320. The number of hydrogen-bond donors (Lipinski definition) is 2. The lowest BCUT2D eigenvalue weighted by Crippen LogP contribution is -2.49. The summed E-state index contributed by atoms with van der Waals surface area (Å²) in [5, 5.41) is 6.07. The fourth-order valence-electron chi connectivity index (χ4n) is 2.57. The van der Waals surface area contributed by atoms with Crippen molar-refractivity contribution in [2.75, 3.05) is 26.2 Å². The third-order valence-corrected chi connectivity index (χ3v) is 3.77. The predicted molar refractivity (Wildman–Crippen MR) is 69.1 cm³/mol. The van der Waals surface area contributed by atoms with Crippen LogP contribution in [0.3, 0.4) is 0 Å². The van der Waals surface area contributed by atoms with Crippen LogP contribution in [-0.4, -0.2) is 48.9 Å². The minimum absolute atomic E-state index is 0.117. The lowest BCUT2D eigenvalue weighted by atomic mass is 10.1. The lowest BCUT2D eigenvalue weighted by Gasteiger charge is -2.25. The van der Waals surface area contributed by atoms with Crippen molar-refractivity contribution in [2.45, 2.75) is 44.6 Å². The van der Waals surface area contributed by atoms with Gasteiger partial charge in [0.1, 0.15) is 0 Å². The van der Waals surface area contributed by atoms with Gasteiger partial charge in [-0.05, 0) is 19.3 Å². The Bertz CT molecular complexity index is 289. The van der Waals surface area contributed by atoms with Gasteiger partial charge in [0.15, 0.2) is 0 Å². The normalized spacial score (nSPS) is 25.4. The Morgan fingerprint density at radius 2 is 2.00 bits per heavy atom. The molecule has 0 aromatic heterocycles. The summed E-state index contributed by atoms with van der Waals surface area (Å²) >= 11 is 0. The monoisotopic (exact) mass is 253 g/mol. The average Bonchev–Trinajstić information content (AvgIpc) is 2.66. The van der Waals surface area contributed by atoms with Crippen LogP contribution in [0.25, 0.3) is 0 Å². The molecule has 2 fully saturated rings. The van der Waals surface area contributed by atoms with Gasteiger partial charge in [0.2, 0.25) is 11.8 Å². The molecule has 2 saturated heterocycles. The molecule has 1 atom stereocenters. The molecule has 2 heterocycles. The third kappa shape index (κ3) is 3.98. The number of likely N-dealkylation sites (tertiary alicyclic amines) is 1. The summed E-state index contributed by atoms with van der Waals surface area (Å²) in [5.41, 5.74) is 0. The first-order valence-electron chi connectivity index (χ1n) is 7.03. The van der Waals surface area contributed by atoms with Crippen molar-refractivity contribution >= 4 is 11.8 Å². The molecule has 102 valence electrons. The first-order chi connectivity index (χ1) is 8.75. The number of nitrogens with one attached hydrogen (secondary N) is 2. The molecule has 0 radical (unpaired) electrons. The Balaban J connectivity index is 1.68. The maximum absolute atomic E-state index is 12.0. The smallest absolute Gasteiger partial charge is 0.236 e. The first kappa shape index (κ1) is 13.3. The van der Waals surface area contributed by atoms with Crippen LogP contribution in [0.15, 0.2) is 0 Å². The van der Waals surface area contributed by atoms with Gasteiger partial charge in [0.25, 0.3) is 0 Å². The molecule has 5 nitrogen and oxygen atoms in total. The topological polar surface area (TPSA) is 61.4 Å². The van der Waals surface area contributed by atoms with Crippen molar-refractivity contribution in [3.63, 3.8) is 0 Å². The molecule has 0 bridgehead atoms. The lowest BCUT2D eigenvalue weighted by molar-refractivity contribution is -0.130.